The Morgan fingerprint density at radius 3 is 2.29 bits per heavy atom. The fraction of sp³-hybridized carbons (Fsp3) is 0.0526. The molecular formula is C19H15N3OS. The smallest absolute Gasteiger partial charge is 0.278 e. The topological polar surface area (TPSA) is 53.6 Å². The van der Waals surface area contributed by atoms with E-state index in [0.29, 0.717) is 16.8 Å². The molecule has 0 aliphatic rings. The van der Waals surface area contributed by atoms with Gasteiger partial charge in [0.15, 0.2) is 4.77 Å². The molecular weight excluding hydrogens is 318 g/mol. The third kappa shape index (κ3) is 2.49. The van der Waals surface area contributed by atoms with Gasteiger partial charge < -0.3 is 9.97 Å². The standard InChI is InChI=1S/C19H15N3OS/c23-18-17-16(15(11-20-17)14-9-5-2-6-10-14)21-19(24)22(18)12-13-7-3-1-4-8-13/h1-11,20H,12H2,(H,21,24). The Labute approximate surface area is 143 Å². The average Bonchev–Trinajstić information content (AvgIpc) is 3.04. The van der Waals surface area contributed by atoms with Crippen LogP contribution in [0.4, 0.5) is 0 Å². The predicted octanol–water partition coefficient (Wildman–Crippen LogP) is 4.10. The normalized spacial score (nSPS) is 11.0. The van der Waals surface area contributed by atoms with Crippen LogP contribution in [0.2, 0.25) is 0 Å². The van der Waals surface area contributed by atoms with Gasteiger partial charge in [-0.05, 0) is 23.3 Å². The van der Waals surface area contributed by atoms with E-state index in [1.807, 2.05) is 66.9 Å². The van der Waals surface area contributed by atoms with Crippen LogP contribution in [-0.2, 0) is 6.54 Å². The molecule has 2 heterocycles. The molecule has 0 saturated heterocycles. The molecule has 0 spiro atoms. The van der Waals surface area contributed by atoms with Gasteiger partial charge in [-0.25, -0.2) is 0 Å². The molecule has 0 bridgehead atoms. The van der Waals surface area contributed by atoms with E-state index in [0.717, 1.165) is 22.2 Å². The van der Waals surface area contributed by atoms with Gasteiger partial charge in [0.25, 0.3) is 5.56 Å². The number of rotatable bonds is 3. The van der Waals surface area contributed by atoms with E-state index in [4.69, 9.17) is 12.2 Å². The highest BCUT2D eigenvalue weighted by Gasteiger charge is 2.12. The number of H-pyrrole nitrogens is 2. The molecule has 2 aromatic carbocycles. The van der Waals surface area contributed by atoms with Crippen LogP contribution < -0.4 is 5.56 Å². The number of benzene rings is 2. The van der Waals surface area contributed by atoms with E-state index in [1.54, 1.807) is 4.57 Å². The Hall–Kier alpha value is -2.92. The highest BCUT2D eigenvalue weighted by molar-refractivity contribution is 7.71. The van der Waals surface area contributed by atoms with Crippen LogP contribution in [0.5, 0.6) is 0 Å². The summed E-state index contributed by atoms with van der Waals surface area (Å²) in [5.41, 5.74) is 4.20. The Morgan fingerprint density at radius 1 is 0.917 bits per heavy atom. The molecule has 4 nitrogen and oxygen atoms in total. The number of aromatic amines is 2. The van der Waals surface area contributed by atoms with Crippen molar-refractivity contribution in [2.75, 3.05) is 0 Å². The maximum absolute atomic E-state index is 12.8. The molecule has 118 valence electrons. The minimum Gasteiger partial charge on any atom is -0.355 e. The van der Waals surface area contributed by atoms with Gasteiger partial charge in [-0.2, -0.15) is 0 Å². The van der Waals surface area contributed by atoms with Crippen molar-refractivity contribution in [1.82, 2.24) is 14.5 Å². The van der Waals surface area contributed by atoms with Crippen molar-refractivity contribution in [1.29, 1.82) is 0 Å². The Kier molecular flexibility index (Phi) is 3.63. The monoisotopic (exact) mass is 333 g/mol. The molecule has 4 aromatic rings. The summed E-state index contributed by atoms with van der Waals surface area (Å²) >= 11 is 5.44. The predicted molar refractivity (Wildman–Crippen MR) is 98.7 cm³/mol. The van der Waals surface area contributed by atoms with Crippen molar-refractivity contribution in [2.24, 2.45) is 0 Å². The molecule has 0 saturated carbocycles. The Balaban J connectivity index is 1.88. The summed E-state index contributed by atoms with van der Waals surface area (Å²) in [5.74, 6) is 0. The molecule has 0 aliphatic carbocycles. The Bertz CT molecular complexity index is 1110. The first kappa shape index (κ1) is 14.7. The first-order valence-corrected chi connectivity index (χ1v) is 8.08. The average molecular weight is 333 g/mol. The second kappa shape index (κ2) is 5.94. The third-order valence-corrected chi connectivity index (χ3v) is 4.41. The fourth-order valence-corrected chi connectivity index (χ4v) is 3.13. The largest absolute Gasteiger partial charge is 0.355 e. The van der Waals surface area contributed by atoms with Crippen molar-refractivity contribution in [3.8, 4) is 11.1 Å². The lowest BCUT2D eigenvalue weighted by Crippen LogP contribution is -2.22. The van der Waals surface area contributed by atoms with Gasteiger partial charge >= 0.3 is 0 Å². The number of hydrogen-bond acceptors (Lipinski definition) is 2. The van der Waals surface area contributed by atoms with Gasteiger partial charge in [0, 0.05) is 11.8 Å². The zero-order valence-electron chi connectivity index (χ0n) is 12.8. The summed E-state index contributed by atoms with van der Waals surface area (Å²) < 4.78 is 2.01. The lowest BCUT2D eigenvalue weighted by molar-refractivity contribution is 0.733. The molecule has 4 rings (SSSR count). The van der Waals surface area contributed by atoms with Crippen LogP contribution in [0.25, 0.3) is 22.2 Å². The van der Waals surface area contributed by atoms with Gasteiger partial charge in [-0.3, -0.25) is 9.36 Å². The van der Waals surface area contributed by atoms with E-state index < -0.39 is 0 Å². The van der Waals surface area contributed by atoms with Gasteiger partial charge in [0.2, 0.25) is 0 Å². The maximum atomic E-state index is 12.8. The van der Waals surface area contributed by atoms with Crippen molar-refractivity contribution >= 4 is 23.3 Å². The minimum absolute atomic E-state index is 0.111. The van der Waals surface area contributed by atoms with Crippen molar-refractivity contribution in [3.63, 3.8) is 0 Å². The lowest BCUT2D eigenvalue weighted by Gasteiger charge is -2.07. The summed E-state index contributed by atoms with van der Waals surface area (Å²) in [5, 5.41) is 0. The van der Waals surface area contributed by atoms with Crippen LogP contribution in [0.3, 0.4) is 0 Å². The van der Waals surface area contributed by atoms with Crippen LogP contribution in [0.1, 0.15) is 5.56 Å². The molecule has 5 heteroatoms. The zero-order chi connectivity index (χ0) is 16.5. The van der Waals surface area contributed by atoms with E-state index in [2.05, 4.69) is 9.97 Å². The van der Waals surface area contributed by atoms with E-state index in [-0.39, 0.29) is 5.56 Å². The molecule has 0 fully saturated rings. The first-order valence-electron chi connectivity index (χ1n) is 7.67. The number of hydrogen-bond donors (Lipinski definition) is 2. The zero-order valence-corrected chi connectivity index (χ0v) is 13.6. The quantitative estimate of drug-likeness (QED) is 0.555. The van der Waals surface area contributed by atoms with E-state index in [9.17, 15) is 4.79 Å². The second-order valence-electron chi connectivity index (χ2n) is 5.63. The molecule has 24 heavy (non-hydrogen) atoms. The second-order valence-corrected chi connectivity index (χ2v) is 6.01. The summed E-state index contributed by atoms with van der Waals surface area (Å²) in [4.78, 5) is 19.2. The molecule has 0 amide bonds. The van der Waals surface area contributed by atoms with Crippen molar-refractivity contribution in [2.45, 2.75) is 6.54 Å². The molecule has 0 atom stereocenters. The van der Waals surface area contributed by atoms with Crippen LogP contribution in [0, 0.1) is 4.77 Å². The van der Waals surface area contributed by atoms with E-state index in [1.165, 1.54) is 0 Å². The summed E-state index contributed by atoms with van der Waals surface area (Å²) in [6.07, 6.45) is 1.85. The number of nitrogens with one attached hydrogen (secondary N) is 2. The van der Waals surface area contributed by atoms with Crippen molar-refractivity contribution in [3.05, 3.63) is 87.5 Å². The molecule has 2 N–H and O–H groups in total. The summed E-state index contributed by atoms with van der Waals surface area (Å²) in [7, 11) is 0. The van der Waals surface area contributed by atoms with Crippen LogP contribution in [-0.4, -0.2) is 14.5 Å². The molecule has 0 aliphatic heterocycles. The van der Waals surface area contributed by atoms with Gasteiger partial charge in [-0.15, -0.1) is 0 Å². The number of nitrogens with zero attached hydrogens (tertiary/aromatic N) is 1. The molecule has 0 radical (unpaired) electrons. The molecule has 0 unspecified atom stereocenters. The van der Waals surface area contributed by atoms with Crippen molar-refractivity contribution < 1.29 is 0 Å². The SMILES string of the molecule is O=c1c2[nH]cc(-c3ccccc3)c2[nH]c(=S)n1Cc1ccccc1. The first-order chi connectivity index (χ1) is 11.7. The highest BCUT2D eigenvalue weighted by atomic mass is 32.1. The number of aromatic nitrogens is 3. The van der Waals surface area contributed by atoms with Gasteiger partial charge in [0.05, 0.1) is 12.1 Å². The van der Waals surface area contributed by atoms with Gasteiger partial charge in [-0.1, -0.05) is 60.7 Å². The third-order valence-electron chi connectivity index (χ3n) is 4.08. The minimum atomic E-state index is -0.111. The van der Waals surface area contributed by atoms with E-state index >= 15 is 0 Å². The Morgan fingerprint density at radius 2 is 1.58 bits per heavy atom. The lowest BCUT2D eigenvalue weighted by atomic mass is 10.1. The van der Waals surface area contributed by atoms with Crippen LogP contribution >= 0.6 is 12.2 Å². The highest BCUT2D eigenvalue weighted by Crippen LogP contribution is 2.25. The van der Waals surface area contributed by atoms with Gasteiger partial charge in [0.1, 0.15) is 5.52 Å². The summed E-state index contributed by atoms with van der Waals surface area (Å²) in [6, 6.07) is 19.7. The number of fused-ring (bicyclic) bond motifs is 1. The maximum Gasteiger partial charge on any atom is 0.278 e. The molecule has 2 aromatic heterocycles. The fourth-order valence-electron chi connectivity index (χ4n) is 2.88. The van der Waals surface area contributed by atoms with Crippen LogP contribution in [0.15, 0.2) is 71.7 Å². The summed E-state index contributed by atoms with van der Waals surface area (Å²) in [6.45, 7) is 0.449.